The average Bonchev–Trinajstić information content (AvgIpc) is 2.81. The highest BCUT2D eigenvalue weighted by Crippen LogP contribution is 2.32. The summed E-state index contributed by atoms with van der Waals surface area (Å²) < 4.78 is 39.8. The summed E-state index contributed by atoms with van der Waals surface area (Å²) >= 11 is 12.2. The molecular formula is C25H25Cl2N3O4S. The number of anilines is 1. The first kappa shape index (κ1) is 26.6. The van der Waals surface area contributed by atoms with Crippen molar-refractivity contribution in [2.45, 2.75) is 24.3 Å². The van der Waals surface area contributed by atoms with Crippen LogP contribution in [0.3, 0.4) is 0 Å². The fourth-order valence-electron chi connectivity index (χ4n) is 3.00. The molecule has 0 aliphatic rings. The second-order valence-corrected chi connectivity index (χ2v) is 10.5. The first-order valence-electron chi connectivity index (χ1n) is 10.7. The normalized spacial score (nSPS) is 12.1. The SMILES string of the molecule is C[C@@H](CCOc1cc(NS(=O)(=O)c2ccc(Oc3cccc(Cl)c3C#N)cc2)ccc1Cl)N(C)C. The van der Waals surface area contributed by atoms with Gasteiger partial charge in [-0.1, -0.05) is 29.3 Å². The van der Waals surface area contributed by atoms with E-state index in [-0.39, 0.29) is 21.2 Å². The van der Waals surface area contributed by atoms with Gasteiger partial charge in [0.25, 0.3) is 10.0 Å². The second kappa shape index (κ2) is 11.6. The maximum Gasteiger partial charge on any atom is 0.261 e. The number of rotatable bonds is 10. The zero-order valence-corrected chi connectivity index (χ0v) is 21.8. The van der Waals surface area contributed by atoms with E-state index in [2.05, 4.69) is 16.5 Å². The van der Waals surface area contributed by atoms with Crippen LogP contribution in [0.5, 0.6) is 17.2 Å². The number of halogens is 2. The molecule has 3 rings (SSSR count). The first-order valence-corrected chi connectivity index (χ1v) is 12.9. The molecule has 1 N–H and O–H groups in total. The van der Waals surface area contributed by atoms with Crippen molar-refractivity contribution in [2.75, 3.05) is 25.4 Å². The third kappa shape index (κ3) is 7.03. The second-order valence-electron chi connectivity index (χ2n) is 8.00. The molecule has 35 heavy (non-hydrogen) atoms. The van der Waals surface area contributed by atoms with Gasteiger partial charge < -0.3 is 14.4 Å². The lowest BCUT2D eigenvalue weighted by Gasteiger charge is -2.20. The van der Waals surface area contributed by atoms with Gasteiger partial charge in [-0.15, -0.1) is 0 Å². The third-order valence-corrected chi connectivity index (χ3v) is 7.33. The zero-order chi connectivity index (χ0) is 25.6. The van der Waals surface area contributed by atoms with Crippen molar-refractivity contribution in [1.29, 1.82) is 5.26 Å². The van der Waals surface area contributed by atoms with Crippen LogP contribution in [0.15, 0.2) is 65.6 Å². The number of nitriles is 1. The van der Waals surface area contributed by atoms with Gasteiger partial charge in [-0.05, 0) is 76.0 Å². The van der Waals surface area contributed by atoms with Crippen LogP contribution in [0.4, 0.5) is 5.69 Å². The monoisotopic (exact) mass is 533 g/mol. The van der Waals surface area contributed by atoms with E-state index >= 15 is 0 Å². The molecule has 10 heteroatoms. The number of hydrogen-bond donors (Lipinski definition) is 1. The number of hydrogen-bond acceptors (Lipinski definition) is 6. The highest BCUT2D eigenvalue weighted by Gasteiger charge is 2.16. The van der Waals surface area contributed by atoms with Crippen molar-refractivity contribution in [3.05, 3.63) is 76.3 Å². The Morgan fingerprint density at radius 2 is 1.74 bits per heavy atom. The quantitative estimate of drug-likeness (QED) is 0.334. The van der Waals surface area contributed by atoms with E-state index in [9.17, 15) is 13.7 Å². The van der Waals surface area contributed by atoms with Crippen LogP contribution in [0.25, 0.3) is 0 Å². The molecular weight excluding hydrogens is 509 g/mol. The summed E-state index contributed by atoms with van der Waals surface area (Å²) in [5.41, 5.74) is 0.521. The largest absolute Gasteiger partial charge is 0.492 e. The summed E-state index contributed by atoms with van der Waals surface area (Å²) in [6.07, 6.45) is 0.790. The Morgan fingerprint density at radius 3 is 2.40 bits per heavy atom. The Labute approximate surface area is 215 Å². The van der Waals surface area contributed by atoms with Crippen molar-refractivity contribution in [3.8, 4) is 23.3 Å². The van der Waals surface area contributed by atoms with E-state index in [4.69, 9.17) is 32.7 Å². The summed E-state index contributed by atoms with van der Waals surface area (Å²) in [5.74, 6) is 1.04. The van der Waals surface area contributed by atoms with Gasteiger partial charge in [0, 0.05) is 12.1 Å². The molecule has 0 saturated heterocycles. The molecule has 3 aromatic carbocycles. The zero-order valence-electron chi connectivity index (χ0n) is 19.5. The Kier molecular flexibility index (Phi) is 8.87. The lowest BCUT2D eigenvalue weighted by atomic mass is 10.2. The van der Waals surface area contributed by atoms with Crippen molar-refractivity contribution in [1.82, 2.24) is 4.90 Å². The van der Waals surface area contributed by atoms with Crippen LogP contribution in [-0.4, -0.2) is 40.1 Å². The molecule has 1 atom stereocenters. The third-order valence-electron chi connectivity index (χ3n) is 5.31. The van der Waals surface area contributed by atoms with Gasteiger partial charge in [0.1, 0.15) is 28.9 Å². The van der Waals surface area contributed by atoms with Gasteiger partial charge in [-0.3, -0.25) is 4.72 Å². The lowest BCUT2D eigenvalue weighted by Crippen LogP contribution is -2.26. The molecule has 0 bridgehead atoms. The van der Waals surface area contributed by atoms with Gasteiger partial charge in [-0.25, -0.2) is 8.42 Å². The molecule has 0 aromatic heterocycles. The summed E-state index contributed by atoms with van der Waals surface area (Å²) in [4.78, 5) is 2.12. The standard InChI is InChI=1S/C25H25Cl2N3O4S/c1-17(30(2)3)13-14-33-25-15-18(7-12-23(25)27)29-35(31,32)20-10-8-19(9-11-20)34-24-6-4-5-22(26)21(24)16-28/h4-12,15,17,29H,13-14H2,1-3H3/t17-/m0/s1. The van der Waals surface area contributed by atoms with E-state index in [1.165, 1.54) is 24.3 Å². The van der Waals surface area contributed by atoms with Gasteiger partial charge >= 0.3 is 0 Å². The molecule has 184 valence electrons. The molecule has 0 radical (unpaired) electrons. The number of sulfonamides is 1. The van der Waals surface area contributed by atoms with E-state index in [1.54, 1.807) is 36.4 Å². The van der Waals surface area contributed by atoms with Crippen LogP contribution in [-0.2, 0) is 10.0 Å². The van der Waals surface area contributed by atoms with E-state index in [0.29, 0.717) is 34.9 Å². The minimum Gasteiger partial charge on any atom is -0.492 e. The lowest BCUT2D eigenvalue weighted by molar-refractivity contribution is 0.233. The Balaban J connectivity index is 1.70. The average molecular weight is 534 g/mol. The number of ether oxygens (including phenoxy) is 2. The highest BCUT2D eigenvalue weighted by atomic mass is 35.5. The minimum atomic E-state index is -3.88. The molecule has 0 heterocycles. The summed E-state index contributed by atoms with van der Waals surface area (Å²) in [6, 6.07) is 17.7. The van der Waals surface area contributed by atoms with Gasteiger partial charge in [-0.2, -0.15) is 5.26 Å². The maximum absolute atomic E-state index is 12.9. The summed E-state index contributed by atoms with van der Waals surface area (Å²) in [6.45, 7) is 2.53. The number of benzene rings is 3. The van der Waals surface area contributed by atoms with Crippen LogP contribution >= 0.6 is 23.2 Å². The summed E-state index contributed by atoms with van der Waals surface area (Å²) in [7, 11) is 0.104. The van der Waals surface area contributed by atoms with E-state index in [0.717, 1.165) is 6.42 Å². The fraction of sp³-hybridized carbons (Fsp3) is 0.240. The topological polar surface area (TPSA) is 91.7 Å². The molecule has 7 nitrogen and oxygen atoms in total. The van der Waals surface area contributed by atoms with Crippen molar-refractivity contribution < 1.29 is 17.9 Å². The summed E-state index contributed by atoms with van der Waals surface area (Å²) in [5, 5.41) is 9.94. The molecule has 0 amide bonds. The maximum atomic E-state index is 12.9. The Bertz CT molecular complexity index is 1320. The van der Waals surface area contributed by atoms with Crippen LogP contribution in [0.1, 0.15) is 18.9 Å². The van der Waals surface area contributed by atoms with Crippen molar-refractivity contribution >= 4 is 38.9 Å². The van der Waals surface area contributed by atoms with Crippen molar-refractivity contribution in [2.24, 2.45) is 0 Å². The number of nitrogens with one attached hydrogen (secondary N) is 1. The van der Waals surface area contributed by atoms with Crippen LogP contribution in [0, 0.1) is 11.3 Å². The Hall–Kier alpha value is -2.96. The van der Waals surface area contributed by atoms with Gasteiger partial charge in [0.2, 0.25) is 0 Å². The van der Waals surface area contributed by atoms with Crippen molar-refractivity contribution in [3.63, 3.8) is 0 Å². The molecule has 0 aliphatic carbocycles. The van der Waals surface area contributed by atoms with E-state index in [1.807, 2.05) is 20.2 Å². The molecule has 0 unspecified atom stereocenters. The molecule has 3 aromatic rings. The van der Waals surface area contributed by atoms with Crippen LogP contribution in [0.2, 0.25) is 10.0 Å². The minimum absolute atomic E-state index is 0.0358. The van der Waals surface area contributed by atoms with Gasteiger partial charge in [0.15, 0.2) is 0 Å². The number of nitrogens with zero attached hydrogens (tertiary/aromatic N) is 2. The highest BCUT2D eigenvalue weighted by molar-refractivity contribution is 7.92. The predicted molar refractivity (Wildman–Crippen MR) is 138 cm³/mol. The van der Waals surface area contributed by atoms with Gasteiger partial charge in [0.05, 0.1) is 27.2 Å². The van der Waals surface area contributed by atoms with E-state index < -0.39 is 10.0 Å². The predicted octanol–water partition coefficient (Wildman–Crippen LogP) is 6.18. The Morgan fingerprint density at radius 1 is 1.03 bits per heavy atom. The molecule has 0 fully saturated rings. The smallest absolute Gasteiger partial charge is 0.261 e. The first-order chi connectivity index (χ1) is 16.6. The molecule has 0 saturated carbocycles. The fourth-order valence-corrected chi connectivity index (χ4v) is 4.43. The van der Waals surface area contributed by atoms with Crippen LogP contribution < -0.4 is 14.2 Å². The molecule has 0 aliphatic heterocycles. The molecule has 0 spiro atoms.